The van der Waals surface area contributed by atoms with Crippen molar-refractivity contribution in [3.8, 4) is 0 Å². The molecule has 0 radical (unpaired) electrons. The first-order valence-electron chi connectivity index (χ1n) is 5.67. The van der Waals surface area contributed by atoms with E-state index in [0.717, 1.165) is 10.4 Å². The Kier molecular flexibility index (Phi) is 3.23. The molecule has 19 heavy (non-hydrogen) atoms. The average Bonchev–Trinajstić information content (AvgIpc) is 3.00. The molecule has 94 valence electrons. The summed E-state index contributed by atoms with van der Waals surface area (Å²) < 4.78 is 5.25. The fraction of sp³-hybridized carbons (Fsp3) is 0. The molecule has 2 nitrogen and oxygen atoms in total. The van der Waals surface area contributed by atoms with Crippen LogP contribution in [0.1, 0.15) is 10.4 Å². The van der Waals surface area contributed by atoms with Gasteiger partial charge in [-0.05, 0) is 41.3 Å². The lowest BCUT2D eigenvalue weighted by Crippen LogP contribution is -1.96. The highest BCUT2D eigenvalue weighted by Crippen LogP contribution is 2.30. The summed E-state index contributed by atoms with van der Waals surface area (Å²) in [6.07, 6.45) is 3.53. The highest BCUT2D eigenvalue weighted by atomic mass is 35.5. The lowest BCUT2D eigenvalue weighted by atomic mass is 10.1. The number of carbonyl (C=O) groups excluding carboxylic acids is 1. The Hall–Kier alpha value is -1.84. The van der Waals surface area contributed by atoms with E-state index in [2.05, 4.69) is 0 Å². The molecule has 1 aliphatic rings. The molecule has 0 N–H and O–H groups in total. The number of hydrogen-bond acceptors (Lipinski definition) is 3. The van der Waals surface area contributed by atoms with Crippen LogP contribution in [-0.4, -0.2) is 5.97 Å². The van der Waals surface area contributed by atoms with Gasteiger partial charge in [-0.3, -0.25) is 0 Å². The van der Waals surface area contributed by atoms with Crippen LogP contribution in [0.25, 0.3) is 11.8 Å². The van der Waals surface area contributed by atoms with Crippen LogP contribution in [0.4, 0.5) is 0 Å². The Bertz CT molecular complexity index is 684. The molecule has 1 aromatic carbocycles. The number of hydrogen-bond donors (Lipinski definition) is 0. The van der Waals surface area contributed by atoms with Gasteiger partial charge in [0, 0.05) is 5.02 Å². The van der Waals surface area contributed by atoms with Crippen molar-refractivity contribution in [1.82, 2.24) is 0 Å². The first-order valence-corrected chi connectivity index (χ1v) is 6.93. The predicted octanol–water partition coefficient (Wildman–Crippen LogP) is 4.38. The van der Waals surface area contributed by atoms with Crippen LogP contribution in [-0.2, 0) is 9.53 Å². The van der Waals surface area contributed by atoms with E-state index in [1.54, 1.807) is 24.3 Å². The van der Waals surface area contributed by atoms with Gasteiger partial charge in [0.2, 0.25) is 0 Å². The lowest BCUT2D eigenvalue weighted by molar-refractivity contribution is -0.130. The number of thiophene rings is 1. The summed E-state index contributed by atoms with van der Waals surface area (Å²) in [7, 11) is 0. The number of cyclic esters (lactones) is 1. The highest BCUT2D eigenvalue weighted by Gasteiger charge is 2.22. The summed E-state index contributed by atoms with van der Waals surface area (Å²) in [6, 6.07) is 11.2. The third-order valence-electron chi connectivity index (χ3n) is 2.66. The third-order valence-corrected chi connectivity index (χ3v) is 3.78. The summed E-state index contributed by atoms with van der Waals surface area (Å²) >= 11 is 7.46. The second-order valence-electron chi connectivity index (χ2n) is 4.03. The topological polar surface area (TPSA) is 26.3 Å². The molecule has 1 aliphatic heterocycles. The zero-order valence-electron chi connectivity index (χ0n) is 9.80. The van der Waals surface area contributed by atoms with E-state index in [-0.39, 0.29) is 5.97 Å². The molecule has 0 saturated heterocycles. The molecule has 1 aromatic heterocycles. The van der Waals surface area contributed by atoms with Crippen molar-refractivity contribution in [2.75, 3.05) is 0 Å². The predicted molar refractivity (Wildman–Crippen MR) is 77.8 cm³/mol. The summed E-state index contributed by atoms with van der Waals surface area (Å²) in [5.41, 5.74) is 1.41. The van der Waals surface area contributed by atoms with Gasteiger partial charge in [-0.1, -0.05) is 29.8 Å². The van der Waals surface area contributed by atoms with Gasteiger partial charge in [0.15, 0.2) is 0 Å². The molecule has 3 rings (SSSR count). The van der Waals surface area contributed by atoms with Crippen LogP contribution >= 0.6 is 22.9 Å². The summed E-state index contributed by atoms with van der Waals surface area (Å²) in [4.78, 5) is 12.7. The van der Waals surface area contributed by atoms with E-state index in [9.17, 15) is 4.79 Å². The molecular weight excluding hydrogens is 280 g/mol. The Morgan fingerprint density at radius 1 is 1.21 bits per heavy atom. The van der Waals surface area contributed by atoms with Crippen LogP contribution in [0.5, 0.6) is 0 Å². The standard InChI is InChI=1S/C15H9ClO2S/c16-12-4-1-3-10(8-12)7-11-9-13(18-15(11)17)14-5-2-6-19-14/h1-9H/b11-7+. The maximum absolute atomic E-state index is 11.8. The first-order chi connectivity index (χ1) is 9.22. The molecule has 4 heteroatoms. The van der Waals surface area contributed by atoms with Crippen molar-refractivity contribution in [1.29, 1.82) is 0 Å². The zero-order chi connectivity index (χ0) is 13.2. The molecule has 2 heterocycles. The number of halogens is 1. The van der Waals surface area contributed by atoms with Crippen molar-refractivity contribution < 1.29 is 9.53 Å². The number of benzene rings is 1. The van der Waals surface area contributed by atoms with Gasteiger partial charge in [-0.15, -0.1) is 11.3 Å². The number of carbonyl (C=O) groups is 1. The summed E-state index contributed by atoms with van der Waals surface area (Å²) in [5.74, 6) is 0.275. The van der Waals surface area contributed by atoms with Crippen molar-refractivity contribution in [2.45, 2.75) is 0 Å². The molecule has 0 atom stereocenters. The first kappa shape index (κ1) is 12.2. The lowest BCUT2D eigenvalue weighted by Gasteiger charge is -1.97. The van der Waals surface area contributed by atoms with E-state index in [1.807, 2.05) is 29.6 Å². The van der Waals surface area contributed by atoms with Crippen LogP contribution < -0.4 is 0 Å². The van der Waals surface area contributed by atoms with Gasteiger partial charge in [-0.2, -0.15) is 0 Å². The van der Waals surface area contributed by atoms with Gasteiger partial charge in [0.1, 0.15) is 5.76 Å². The second-order valence-corrected chi connectivity index (χ2v) is 5.41. The van der Waals surface area contributed by atoms with Crippen LogP contribution in [0.2, 0.25) is 5.02 Å². The molecule has 0 fully saturated rings. The summed E-state index contributed by atoms with van der Waals surface area (Å²) in [6.45, 7) is 0. The fourth-order valence-electron chi connectivity index (χ4n) is 1.81. The fourth-order valence-corrected chi connectivity index (χ4v) is 2.68. The average molecular weight is 289 g/mol. The van der Waals surface area contributed by atoms with Crippen LogP contribution in [0, 0.1) is 0 Å². The number of ether oxygens (including phenoxy) is 1. The van der Waals surface area contributed by atoms with E-state index in [0.29, 0.717) is 16.4 Å². The van der Waals surface area contributed by atoms with E-state index in [1.165, 1.54) is 11.3 Å². The minimum absolute atomic E-state index is 0.330. The van der Waals surface area contributed by atoms with Crippen molar-refractivity contribution in [3.05, 3.63) is 68.9 Å². The Balaban J connectivity index is 1.95. The maximum Gasteiger partial charge on any atom is 0.343 e. The second kappa shape index (κ2) is 5.03. The van der Waals surface area contributed by atoms with Gasteiger partial charge in [0.05, 0.1) is 10.5 Å². The van der Waals surface area contributed by atoms with Gasteiger partial charge < -0.3 is 4.74 Å². The number of rotatable bonds is 2. The minimum atomic E-state index is -0.330. The molecule has 0 bridgehead atoms. The molecule has 0 spiro atoms. The molecule has 0 aliphatic carbocycles. The minimum Gasteiger partial charge on any atom is -0.421 e. The molecular formula is C15H9ClO2S. The third kappa shape index (κ3) is 2.62. The van der Waals surface area contributed by atoms with Crippen molar-refractivity contribution in [3.63, 3.8) is 0 Å². The Morgan fingerprint density at radius 3 is 2.84 bits per heavy atom. The molecule has 0 amide bonds. The monoisotopic (exact) mass is 288 g/mol. The van der Waals surface area contributed by atoms with Gasteiger partial charge >= 0.3 is 5.97 Å². The largest absolute Gasteiger partial charge is 0.421 e. The smallest absolute Gasteiger partial charge is 0.343 e. The quantitative estimate of drug-likeness (QED) is 0.605. The van der Waals surface area contributed by atoms with Gasteiger partial charge in [0.25, 0.3) is 0 Å². The van der Waals surface area contributed by atoms with E-state index in [4.69, 9.17) is 16.3 Å². The number of esters is 1. The zero-order valence-corrected chi connectivity index (χ0v) is 11.4. The van der Waals surface area contributed by atoms with Crippen LogP contribution in [0.3, 0.4) is 0 Å². The van der Waals surface area contributed by atoms with Gasteiger partial charge in [-0.25, -0.2) is 4.79 Å². The molecule has 0 unspecified atom stereocenters. The van der Waals surface area contributed by atoms with Crippen LogP contribution in [0.15, 0.2) is 53.4 Å². The van der Waals surface area contributed by atoms with Crippen molar-refractivity contribution >= 4 is 40.7 Å². The van der Waals surface area contributed by atoms with E-state index >= 15 is 0 Å². The summed E-state index contributed by atoms with van der Waals surface area (Å²) in [5, 5.41) is 2.59. The molecule has 2 aromatic rings. The SMILES string of the molecule is O=C1OC(c2cccs2)=C/C1=C\c1cccc(Cl)c1. The normalized spacial score (nSPS) is 16.6. The Morgan fingerprint density at radius 2 is 2.11 bits per heavy atom. The highest BCUT2D eigenvalue weighted by molar-refractivity contribution is 7.11. The Labute approximate surface area is 119 Å². The maximum atomic E-state index is 11.8. The molecule has 0 saturated carbocycles. The van der Waals surface area contributed by atoms with Crippen molar-refractivity contribution in [2.24, 2.45) is 0 Å². The van der Waals surface area contributed by atoms with E-state index < -0.39 is 0 Å².